The maximum atomic E-state index is 6.19. The molecule has 1 aliphatic rings. The number of H-pyrrole nitrogens is 1. The molecule has 3 aromatic rings. The molecule has 118 valence electrons. The van der Waals surface area contributed by atoms with E-state index >= 15 is 0 Å². The van der Waals surface area contributed by atoms with Crippen molar-refractivity contribution in [1.29, 1.82) is 0 Å². The topological polar surface area (TPSA) is 85.4 Å². The summed E-state index contributed by atoms with van der Waals surface area (Å²) in [4.78, 5) is 0. The summed E-state index contributed by atoms with van der Waals surface area (Å²) in [5.74, 6) is 7.61. The Labute approximate surface area is 146 Å². The Kier molecular flexibility index (Phi) is 3.86. The quantitative estimate of drug-likeness (QED) is 0.528. The number of nitrogens with two attached hydrogens (primary N) is 1. The summed E-state index contributed by atoms with van der Waals surface area (Å²) < 4.78 is 2.61. The van der Waals surface area contributed by atoms with Crippen molar-refractivity contribution in [2.24, 2.45) is 0 Å². The zero-order valence-electron chi connectivity index (χ0n) is 12.3. The first-order chi connectivity index (χ1) is 11.2. The number of benzene rings is 1. The number of hydrogen-bond acceptors (Lipinski definition) is 5. The van der Waals surface area contributed by atoms with Gasteiger partial charge >= 0.3 is 0 Å². The SMILES string of the molecule is Nn1c(SCc2ccc(Br)cc2)nnc1-c1n[nH]c2c1CCC2. The summed E-state index contributed by atoms with van der Waals surface area (Å²) in [6.07, 6.45) is 3.22. The Morgan fingerprint density at radius 1 is 1.22 bits per heavy atom. The Bertz CT molecular complexity index is 838. The fourth-order valence-electron chi connectivity index (χ4n) is 2.77. The molecule has 0 unspecified atom stereocenters. The third-order valence-electron chi connectivity index (χ3n) is 3.96. The van der Waals surface area contributed by atoms with Crippen LogP contribution in [0.5, 0.6) is 0 Å². The number of rotatable bonds is 4. The first-order valence-electron chi connectivity index (χ1n) is 7.36. The molecule has 0 saturated heterocycles. The minimum Gasteiger partial charge on any atom is -0.335 e. The van der Waals surface area contributed by atoms with Gasteiger partial charge < -0.3 is 5.84 Å². The summed E-state index contributed by atoms with van der Waals surface area (Å²) in [5.41, 5.74) is 4.48. The van der Waals surface area contributed by atoms with Gasteiger partial charge in [0.25, 0.3) is 0 Å². The number of fused-ring (bicyclic) bond motifs is 1. The number of nitrogen functional groups attached to an aromatic ring is 1. The van der Waals surface area contributed by atoms with Crippen LogP contribution in [-0.4, -0.2) is 25.1 Å². The molecular formula is C15H15BrN6S. The third-order valence-corrected chi connectivity index (χ3v) is 5.51. The number of hydrogen-bond donors (Lipinski definition) is 2. The lowest BCUT2D eigenvalue weighted by atomic mass is 10.2. The predicted octanol–water partition coefficient (Wildman–Crippen LogP) is 2.93. The first kappa shape index (κ1) is 14.8. The minimum absolute atomic E-state index is 0.628. The summed E-state index contributed by atoms with van der Waals surface area (Å²) in [5, 5.41) is 16.6. The van der Waals surface area contributed by atoms with Crippen molar-refractivity contribution in [1.82, 2.24) is 25.1 Å². The number of nitrogens with one attached hydrogen (secondary N) is 1. The molecular weight excluding hydrogens is 376 g/mol. The molecule has 0 radical (unpaired) electrons. The predicted molar refractivity (Wildman–Crippen MR) is 93.5 cm³/mol. The lowest BCUT2D eigenvalue weighted by Gasteiger charge is -2.03. The fourth-order valence-corrected chi connectivity index (χ4v) is 3.85. The zero-order chi connectivity index (χ0) is 15.8. The van der Waals surface area contributed by atoms with E-state index in [9.17, 15) is 0 Å². The Balaban J connectivity index is 1.55. The molecule has 0 fully saturated rings. The lowest BCUT2D eigenvalue weighted by Crippen LogP contribution is -2.12. The van der Waals surface area contributed by atoms with Gasteiger partial charge in [0.1, 0.15) is 5.69 Å². The first-order valence-corrected chi connectivity index (χ1v) is 9.14. The molecule has 23 heavy (non-hydrogen) atoms. The Morgan fingerprint density at radius 2 is 2.04 bits per heavy atom. The van der Waals surface area contributed by atoms with Crippen LogP contribution in [0.4, 0.5) is 0 Å². The van der Waals surface area contributed by atoms with Crippen LogP contribution in [0.15, 0.2) is 33.9 Å². The summed E-state index contributed by atoms with van der Waals surface area (Å²) in [6.45, 7) is 0. The van der Waals surface area contributed by atoms with Crippen molar-refractivity contribution in [3.05, 3.63) is 45.6 Å². The number of aromatic nitrogens is 5. The molecule has 0 bridgehead atoms. The van der Waals surface area contributed by atoms with E-state index in [4.69, 9.17) is 5.84 Å². The molecule has 0 amide bonds. The highest BCUT2D eigenvalue weighted by Crippen LogP contribution is 2.30. The normalized spacial score (nSPS) is 13.4. The fraction of sp³-hybridized carbons (Fsp3) is 0.267. The van der Waals surface area contributed by atoms with Crippen LogP contribution in [0.1, 0.15) is 23.2 Å². The van der Waals surface area contributed by atoms with Crippen LogP contribution in [0.25, 0.3) is 11.5 Å². The Morgan fingerprint density at radius 3 is 2.87 bits per heavy atom. The molecule has 0 spiro atoms. The monoisotopic (exact) mass is 390 g/mol. The smallest absolute Gasteiger partial charge is 0.210 e. The molecule has 3 N–H and O–H groups in total. The van der Waals surface area contributed by atoms with Gasteiger partial charge in [0, 0.05) is 21.5 Å². The lowest BCUT2D eigenvalue weighted by molar-refractivity contribution is 0.839. The van der Waals surface area contributed by atoms with E-state index in [0.29, 0.717) is 11.0 Å². The highest BCUT2D eigenvalue weighted by molar-refractivity contribution is 9.10. The maximum absolute atomic E-state index is 6.19. The van der Waals surface area contributed by atoms with E-state index in [2.05, 4.69) is 48.5 Å². The molecule has 0 aliphatic heterocycles. The van der Waals surface area contributed by atoms with E-state index < -0.39 is 0 Å². The van der Waals surface area contributed by atoms with E-state index in [1.807, 2.05) is 12.1 Å². The van der Waals surface area contributed by atoms with Crippen LogP contribution in [0.3, 0.4) is 0 Å². The maximum Gasteiger partial charge on any atom is 0.210 e. The van der Waals surface area contributed by atoms with E-state index in [-0.39, 0.29) is 0 Å². The van der Waals surface area contributed by atoms with Gasteiger partial charge in [-0.3, -0.25) is 5.10 Å². The van der Waals surface area contributed by atoms with Crippen molar-refractivity contribution < 1.29 is 0 Å². The largest absolute Gasteiger partial charge is 0.335 e. The summed E-state index contributed by atoms with van der Waals surface area (Å²) in [7, 11) is 0. The van der Waals surface area contributed by atoms with Gasteiger partial charge in [0.05, 0.1) is 0 Å². The molecule has 0 saturated carbocycles. The van der Waals surface area contributed by atoms with Crippen LogP contribution >= 0.6 is 27.7 Å². The van der Waals surface area contributed by atoms with Crippen LogP contribution < -0.4 is 5.84 Å². The van der Waals surface area contributed by atoms with Gasteiger partial charge in [-0.2, -0.15) is 5.10 Å². The molecule has 4 rings (SSSR count). The second kappa shape index (κ2) is 6.01. The van der Waals surface area contributed by atoms with Gasteiger partial charge in [-0.25, -0.2) is 4.68 Å². The van der Waals surface area contributed by atoms with E-state index in [1.54, 1.807) is 11.8 Å². The minimum atomic E-state index is 0.628. The number of thioether (sulfide) groups is 1. The Hall–Kier alpha value is -1.80. The molecule has 8 heteroatoms. The molecule has 2 aromatic heterocycles. The van der Waals surface area contributed by atoms with Gasteiger partial charge in [-0.15, -0.1) is 10.2 Å². The number of aryl methyl sites for hydroxylation is 1. The van der Waals surface area contributed by atoms with Crippen molar-refractivity contribution in [3.8, 4) is 11.5 Å². The third kappa shape index (κ3) is 2.76. The number of nitrogens with zero attached hydrogens (tertiary/aromatic N) is 4. The van der Waals surface area contributed by atoms with Crippen LogP contribution in [-0.2, 0) is 18.6 Å². The van der Waals surface area contributed by atoms with Crippen molar-refractivity contribution in [2.45, 2.75) is 30.2 Å². The highest BCUT2D eigenvalue weighted by Gasteiger charge is 2.23. The number of halogens is 1. The second-order valence-corrected chi connectivity index (χ2v) is 7.33. The standard InChI is InChI=1S/C15H15BrN6S/c16-10-6-4-9(5-7-10)8-23-15-21-20-14(22(15)17)13-11-2-1-3-12(11)18-19-13/h4-7H,1-3,8,17H2,(H,18,19). The van der Waals surface area contributed by atoms with E-state index in [1.165, 1.54) is 21.5 Å². The van der Waals surface area contributed by atoms with Gasteiger partial charge in [-0.1, -0.05) is 39.8 Å². The molecule has 6 nitrogen and oxygen atoms in total. The molecule has 2 heterocycles. The van der Waals surface area contributed by atoms with Gasteiger partial charge in [0.2, 0.25) is 11.0 Å². The highest BCUT2D eigenvalue weighted by atomic mass is 79.9. The zero-order valence-corrected chi connectivity index (χ0v) is 14.7. The van der Waals surface area contributed by atoms with Crippen LogP contribution in [0, 0.1) is 0 Å². The van der Waals surface area contributed by atoms with Crippen molar-refractivity contribution in [3.63, 3.8) is 0 Å². The van der Waals surface area contributed by atoms with Crippen molar-refractivity contribution >= 4 is 27.7 Å². The molecule has 1 aliphatic carbocycles. The second-order valence-electron chi connectivity index (χ2n) is 5.47. The van der Waals surface area contributed by atoms with Crippen LogP contribution in [0.2, 0.25) is 0 Å². The summed E-state index contributed by atoms with van der Waals surface area (Å²) >= 11 is 5.01. The number of aromatic amines is 1. The van der Waals surface area contributed by atoms with E-state index in [0.717, 1.165) is 35.2 Å². The molecule has 1 aromatic carbocycles. The average Bonchev–Trinajstić information content (AvgIpc) is 3.23. The van der Waals surface area contributed by atoms with Crippen molar-refractivity contribution in [2.75, 3.05) is 5.84 Å². The van der Waals surface area contributed by atoms with Gasteiger partial charge in [-0.05, 0) is 37.0 Å². The molecule has 0 atom stereocenters. The summed E-state index contributed by atoms with van der Waals surface area (Å²) in [6, 6.07) is 8.22. The average molecular weight is 391 g/mol. The van der Waals surface area contributed by atoms with Gasteiger partial charge in [0.15, 0.2) is 0 Å².